The Morgan fingerprint density at radius 3 is 3.00 bits per heavy atom. The van der Waals surface area contributed by atoms with Crippen molar-refractivity contribution < 1.29 is 9.47 Å². The highest BCUT2D eigenvalue weighted by Gasteiger charge is 2.15. The molecule has 90 valence electrons. The molecule has 0 spiro atoms. The van der Waals surface area contributed by atoms with E-state index < -0.39 is 0 Å². The number of halogens is 1. The number of nitrogens with zero attached hydrogens (tertiary/aromatic N) is 1. The Kier molecular flexibility index (Phi) is 4.41. The molecule has 2 rings (SSSR count). The van der Waals surface area contributed by atoms with Crippen LogP contribution in [-0.2, 0) is 4.74 Å². The largest absolute Gasteiger partial charge is 0.490 e. The lowest BCUT2D eigenvalue weighted by atomic mass is 10.1. The predicted octanol–water partition coefficient (Wildman–Crippen LogP) is 3.27. The minimum Gasteiger partial charge on any atom is -0.490 e. The van der Waals surface area contributed by atoms with Crippen LogP contribution in [0.3, 0.4) is 0 Å². The van der Waals surface area contributed by atoms with E-state index in [4.69, 9.17) is 14.7 Å². The maximum absolute atomic E-state index is 8.76. The smallest absolute Gasteiger partial charge is 0.133 e. The van der Waals surface area contributed by atoms with Crippen LogP contribution in [0.15, 0.2) is 22.7 Å². The van der Waals surface area contributed by atoms with Gasteiger partial charge in [0.25, 0.3) is 0 Å². The standard InChI is InChI=1S/C13H14BrNO2/c14-12-7-10(8-15)4-5-13(12)17-9-11-3-1-2-6-16-11/h4-5,7,11H,1-3,6,9H2. The van der Waals surface area contributed by atoms with E-state index in [9.17, 15) is 0 Å². The molecule has 17 heavy (non-hydrogen) atoms. The fraction of sp³-hybridized carbons (Fsp3) is 0.462. The topological polar surface area (TPSA) is 42.2 Å². The molecule has 1 aliphatic rings. The molecule has 0 bridgehead atoms. The van der Waals surface area contributed by atoms with E-state index in [0.717, 1.165) is 29.7 Å². The van der Waals surface area contributed by atoms with Crippen molar-refractivity contribution in [3.63, 3.8) is 0 Å². The van der Waals surface area contributed by atoms with Gasteiger partial charge in [0.1, 0.15) is 12.4 Å². The summed E-state index contributed by atoms with van der Waals surface area (Å²) in [5, 5.41) is 8.76. The Morgan fingerprint density at radius 1 is 1.47 bits per heavy atom. The van der Waals surface area contributed by atoms with Gasteiger partial charge in [-0.2, -0.15) is 5.26 Å². The van der Waals surface area contributed by atoms with E-state index in [-0.39, 0.29) is 6.10 Å². The molecule has 1 heterocycles. The second-order valence-electron chi connectivity index (χ2n) is 4.06. The number of benzene rings is 1. The zero-order valence-corrected chi connectivity index (χ0v) is 11.1. The Bertz CT molecular complexity index is 422. The van der Waals surface area contributed by atoms with Gasteiger partial charge >= 0.3 is 0 Å². The van der Waals surface area contributed by atoms with Crippen LogP contribution in [0, 0.1) is 11.3 Å². The van der Waals surface area contributed by atoms with Crippen LogP contribution < -0.4 is 4.74 Å². The van der Waals surface area contributed by atoms with Crippen LogP contribution in [0.4, 0.5) is 0 Å². The fourth-order valence-corrected chi connectivity index (χ4v) is 2.30. The highest BCUT2D eigenvalue weighted by atomic mass is 79.9. The molecule has 1 aromatic rings. The molecule has 1 fully saturated rings. The van der Waals surface area contributed by atoms with Gasteiger partial charge in [0, 0.05) is 6.61 Å². The predicted molar refractivity (Wildman–Crippen MR) is 67.9 cm³/mol. The van der Waals surface area contributed by atoms with Gasteiger partial charge in [-0.25, -0.2) is 0 Å². The molecule has 3 nitrogen and oxygen atoms in total. The number of nitriles is 1. The molecule has 1 aliphatic heterocycles. The molecular weight excluding hydrogens is 282 g/mol. The monoisotopic (exact) mass is 295 g/mol. The van der Waals surface area contributed by atoms with Gasteiger partial charge in [0.05, 0.1) is 22.2 Å². The lowest BCUT2D eigenvalue weighted by Gasteiger charge is -2.22. The number of hydrogen-bond donors (Lipinski definition) is 0. The second-order valence-corrected chi connectivity index (χ2v) is 4.91. The van der Waals surface area contributed by atoms with Crippen molar-refractivity contribution in [2.24, 2.45) is 0 Å². The van der Waals surface area contributed by atoms with E-state index in [1.807, 2.05) is 6.07 Å². The van der Waals surface area contributed by atoms with Crippen molar-refractivity contribution in [2.45, 2.75) is 25.4 Å². The highest BCUT2D eigenvalue weighted by Crippen LogP contribution is 2.26. The Balaban J connectivity index is 1.92. The van der Waals surface area contributed by atoms with E-state index in [0.29, 0.717) is 12.2 Å². The van der Waals surface area contributed by atoms with Crippen LogP contribution >= 0.6 is 15.9 Å². The maximum atomic E-state index is 8.76. The molecule has 1 aromatic carbocycles. The van der Waals surface area contributed by atoms with Gasteiger partial charge in [-0.15, -0.1) is 0 Å². The summed E-state index contributed by atoms with van der Waals surface area (Å²) >= 11 is 3.40. The average Bonchev–Trinajstić information content (AvgIpc) is 2.38. The highest BCUT2D eigenvalue weighted by molar-refractivity contribution is 9.10. The van der Waals surface area contributed by atoms with E-state index in [1.54, 1.807) is 12.1 Å². The minimum absolute atomic E-state index is 0.200. The van der Waals surface area contributed by atoms with Crippen LogP contribution in [0.5, 0.6) is 5.75 Å². The van der Waals surface area contributed by atoms with Crippen LogP contribution in [-0.4, -0.2) is 19.3 Å². The third-order valence-corrected chi connectivity index (χ3v) is 3.38. The van der Waals surface area contributed by atoms with Gasteiger partial charge in [0.15, 0.2) is 0 Å². The summed E-state index contributed by atoms with van der Waals surface area (Å²) in [4.78, 5) is 0. The molecule has 0 radical (unpaired) electrons. The molecule has 0 saturated carbocycles. The molecule has 1 atom stereocenters. The quantitative estimate of drug-likeness (QED) is 0.859. The Morgan fingerprint density at radius 2 is 2.35 bits per heavy atom. The molecule has 0 aromatic heterocycles. The molecule has 1 saturated heterocycles. The molecule has 4 heteroatoms. The normalized spacial score (nSPS) is 19.6. The SMILES string of the molecule is N#Cc1ccc(OCC2CCCCO2)c(Br)c1. The first-order valence-corrected chi connectivity index (χ1v) is 6.53. The van der Waals surface area contributed by atoms with Crippen molar-refractivity contribution >= 4 is 15.9 Å². The zero-order chi connectivity index (χ0) is 12.1. The first-order chi connectivity index (χ1) is 8.29. The first kappa shape index (κ1) is 12.4. The molecule has 0 amide bonds. The van der Waals surface area contributed by atoms with Crippen LogP contribution in [0.1, 0.15) is 24.8 Å². The summed E-state index contributed by atoms with van der Waals surface area (Å²) in [5.74, 6) is 0.762. The zero-order valence-electron chi connectivity index (χ0n) is 9.49. The second kappa shape index (κ2) is 6.04. The molecular formula is C13H14BrNO2. The number of rotatable bonds is 3. The van der Waals surface area contributed by atoms with Gasteiger partial charge in [-0.1, -0.05) is 0 Å². The number of hydrogen-bond acceptors (Lipinski definition) is 3. The summed E-state index contributed by atoms with van der Waals surface area (Å²) in [5.41, 5.74) is 0.623. The van der Waals surface area contributed by atoms with Crippen molar-refractivity contribution in [3.8, 4) is 11.8 Å². The van der Waals surface area contributed by atoms with Gasteiger partial charge in [-0.3, -0.25) is 0 Å². The lowest BCUT2D eigenvalue weighted by Crippen LogP contribution is -2.25. The molecule has 1 unspecified atom stereocenters. The van der Waals surface area contributed by atoms with Gasteiger partial charge in [-0.05, 0) is 53.4 Å². The third-order valence-electron chi connectivity index (χ3n) is 2.76. The van der Waals surface area contributed by atoms with Crippen molar-refractivity contribution in [2.75, 3.05) is 13.2 Å². The Labute approximate surface area is 109 Å². The van der Waals surface area contributed by atoms with Gasteiger partial charge in [0.2, 0.25) is 0 Å². The van der Waals surface area contributed by atoms with E-state index >= 15 is 0 Å². The summed E-state index contributed by atoms with van der Waals surface area (Å²) < 4.78 is 12.1. The van der Waals surface area contributed by atoms with Crippen molar-refractivity contribution in [1.29, 1.82) is 5.26 Å². The summed E-state index contributed by atoms with van der Waals surface area (Å²) in [6, 6.07) is 7.41. The van der Waals surface area contributed by atoms with Crippen molar-refractivity contribution in [3.05, 3.63) is 28.2 Å². The van der Waals surface area contributed by atoms with E-state index in [1.165, 1.54) is 6.42 Å². The maximum Gasteiger partial charge on any atom is 0.133 e. The Hall–Kier alpha value is -1.05. The summed E-state index contributed by atoms with van der Waals surface area (Å²) in [7, 11) is 0. The fourth-order valence-electron chi connectivity index (χ4n) is 1.81. The molecule has 0 aliphatic carbocycles. The third kappa shape index (κ3) is 3.45. The van der Waals surface area contributed by atoms with Crippen LogP contribution in [0.2, 0.25) is 0 Å². The first-order valence-electron chi connectivity index (χ1n) is 5.73. The molecule has 0 N–H and O–H groups in total. The average molecular weight is 296 g/mol. The van der Waals surface area contributed by atoms with Crippen LogP contribution in [0.25, 0.3) is 0 Å². The van der Waals surface area contributed by atoms with Gasteiger partial charge < -0.3 is 9.47 Å². The van der Waals surface area contributed by atoms with E-state index in [2.05, 4.69) is 22.0 Å². The van der Waals surface area contributed by atoms with Crippen molar-refractivity contribution in [1.82, 2.24) is 0 Å². The lowest BCUT2D eigenvalue weighted by molar-refractivity contribution is -0.0112. The summed E-state index contributed by atoms with van der Waals surface area (Å²) in [6.45, 7) is 1.41. The summed E-state index contributed by atoms with van der Waals surface area (Å²) in [6.07, 6.45) is 3.62. The number of ether oxygens (including phenoxy) is 2. The minimum atomic E-state index is 0.200.